The van der Waals surface area contributed by atoms with Crippen molar-refractivity contribution in [1.29, 1.82) is 0 Å². The number of aromatic hydroxyl groups is 1. The first-order chi connectivity index (χ1) is 13.1. The zero-order valence-electron chi connectivity index (χ0n) is 16.0. The molecule has 0 aromatic heterocycles. The Labute approximate surface area is 164 Å². The van der Waals surface area contributed by atoms with Gasteiger partial charge in [-0.05, 0) is 42.8 Å². The monoisotopic (exact) mass is 407 g/mol. The van der Waals surface area contributed by atoms with Crippen LogP contribution in [0.3, 0.4) is 0 Å². The third kappa shape index (κ3) is 5.52. The zero-order chi connectivity index (χ0) is 20.9. The van der Waals surface area contributed by atoms with E-state index in [0.29, 0.717) is 11.3 Å². The predicted octanol–water partition coefficient (Wildman–Crippen LogP) is 1.29. The topological polar surface area (TPSA) is 119 Å². The molecular formula is C19H25N3O5S. The Morgan fingerprint density at radius 2 is 1.79 bits per heavy atom. The summed E-state index contributed by atoms with van der Waals surface area (Å²) in [5.41, 5.74) is 0.973. The van der Waals surface area contributed by atoms with Gasteiger partial charge in [-0.3, -0.25) is 4.79 Å². The fourth-order valence-corrected chi connectivity index (χ4v) is 3.42. The number of aliphatic hydroxyl groups excluding tert-OH is 1. The van der Waals surface area contributed by atoms with Crippen molar-refractivity contribution in [1.82, 2.24) is 9.62 Å². The number of sulfonamides is 1. The smallest absolute Gasteiger partial charge is 0.242 e. The Kier molecular flexibility index (Phi) is 7.14. The summed E-state index contributed by atoms with van der Waals surface area (Å²) >= 11 is 0. The van der Waals surface area contributed by atoms with Crippen molar-refractivity contribution >= 4 is 21.6 Å². The Hall–Kier alpha value is -2.46. The maximum atomic E-state index is 12.2. The standard InChI is InChI=1S/C19H25N3O5S/c1-13(19(25)14-7-9-16(23)10-8-14)20-12-18(24)21-15-5-4-6-17(11-15)28(26,27)22(2)3/h4-11,13,19-20,23,25H,12H2,1-3H3,(H,21,24)/t13-,19+/m0/s1. The molecule has 2 aromatic rings. The number of phenols is 1. The first-order valence-electron chi connectivity index (χ1n) is 8.64. The second kappa shape index (κ2) is 9.16. The molecule has 0 spiro atoms. The SMILES string of the molecule is C[C@H](NCC(=O)Nc1cccc(S(=O)(=O)N(C)C)c1)[C@@H](O)c1ccc(O)cc1. The molecule has 0 aliphatic carbocycles. The molecule has 0 unspecified atom stereocenters. The fourth-order valence-electron chi connectivity index (χ4n) is 2.48. The van der Waals surface area contributed by atoms with Crippen LogP contribution >= 0.6 is 0 Å². The van der Waals surface area contributed by atoms with Crippen LogP contribution in [0, 0.1) is 0 Å². The second-order valence-corrected chi connectivity index (χ2v) is 8.72. The number of benzene rings is 2. The fraction of sp³-hybridized carbons (Fsp3) is 0.316. The van der Waals surface area contributed by atoms with E-state index in [1.165, 1.54) is 38.4 Å². The highest BCUT2D eigenvalue weighted by Crippen LogP contribution is 2.20. The van der Waals surface area contributed by atoms with Crippen LogP contribution in [0.15, 0.2) is 53.4 Å². The van der Waals surface area contributed by atoms with Crippen molar-refractivity contribution in [3.63, 3.8) is 0 Å². The van der Waals surface area contributed by atoms with Crippen LogP contribution in [0.2, 0.25) is 0 Å². The van der Waals surface area contributed by atoms with E-state index in [0.717, 1.165) is 4.31 Å². The van der Waals surface area contributed by atoms with Crippen molar-refractivity contribution in [3.05, 3.63) is 54.1 Å². The van der Waals surface area contributed by atoms with Crippen molar-refractivity contribution in [2.75, 3.05) is 26.0 Å². The van der Waals surface area contributed by atoms with E-state index < -0.39 is 22.2 Å². The average molecular weight is 407 g/mol. The van der Waals surface area contributed by atoms with Gasteiger partial charge in [0.2, 0.25) is 15.9 Å². The van der Waals surface area contributed by atoms with E-state index in [-0.39, 0.29) is 23.1 Å². The molecule has 0 heterocycles. The molecule has 0 aliphatic rings. The van der Waals surface area contributed by atoms with E-state index >= 15 is 0 Å². The summed E-state index contributed by atoms with van der Waals surface area (Å²) in [6.07, 6.45) is -0.859. The van der Waals surface area contributed by atoms with E-state index in [9.17, 15) is 23.4 Å². The van der Waals surface area contributed by atoms with Gasteiger partial charge < -0.3 is 20.8 Å². The molecule has 2 atom stereocenters. The number of nitrogens with one attached hydrogen (secondary N) is 2. The maximum Gasteiger partial charge on any atom is 0.242 e. The minimum atomic E-state index is -3.59. The van der Waals surface area contributed by atoms with Gasteiger partial charge in [-0.2, -0.15) is 0 Å². The first-order valence-corrected chi connectivity index (χ1v) is 10.1. The molecule has 4 N–H and O–H groups in total. The lowest BCUT2D eigenvalue weighted by atomic mass is 10.0. The lowest BCUT2D eigenvalue weighted by Gasteiger charge is -2.20. The Morgan fingerprint density at radius 3 is 2.39 bits per heavy atom. The summed E-state index contributed by atoms with van der Waals surface area (Å²) in [6.45, 7) is 1.66. The van der Waals surface area contributed by atoms with Crippen molar-refractivity contribution < 1.29 is 23.4 Å². The van der Waals surface area contributed by atoms with Crippen LogP contribution in [0.5, 0.6) is 5.75 Å². The van der Waals surface area contributed by atoms with Gasteiger partial charge in [0.05, 0.1) is 17.5 Å². The highest BCUT2D eigenvalue weighted by molar-refractivity contribution is 7.89. The molecule has 8 nitrogen and oxygen atoms in total. The van der Waals surface area contributed by atoms with Crippen LogP contribution in [-0.4, -0.2) is 55.5 Å². The number of aliphatic hydroxyl groups is 1. The molecule has 152 valence electrons. The van der Waals surface area contributed by atoms with E-state index in [2.05, 4.69) is 10.6 Å². The van der Waals surface area contributed by atoms with Crippen molar-refractivity contribution in [2.45, 2.75) is 24.0 Å². The van der Waals surface area contributed by atoms with Gasteiger partial charge in [-0.1, -0.05) is 18.2 Å². The first kappa shape index (κ1) is 21.8. The number of hydrogen-bond acceptors (Lipinski definition) is 6. The summed E-state index contributed by atoms with van der Waals surface area (Å²) in [6, 6.07) is 11.7. The number of phenolic OH excluding ortho intramolecular Hbond substituents is 1. The van der Waals surface area contributed by atoms with E-state index in [1.54, 1.807) is 31.2 Å². The van der Waals surface area contributed by atoms with Gasteiger partial charge in [0.25, 0.3) is 0 Å². The molecule has 1 amide bonds. The maximum absolute atomic E-state index is 12.2. The molecule has 0 saturated carbocycles. The summed E-state index contributed by atoms with van der Waals surface area (Å²) in [5, 5.41) is 25.2. The summed E-state index contributed by atoms with van der Waals surface area (Å²) in [4.78, 5) is 12.3. The van der Waals surface area contributed by atoms with Crippen LogP contribution in [0.1, 0.15) is 18.6 Å². The van der Waals surface area contributed by atoms with Gasteiger partial charge >= 0.3 is 0 Å². The van der Waals surface area contributed by atoms with Crippen LogP contribution in [0.25, 0.3) is 0 Å². The molecule has 0 aliphatic heterocycles. The number of nitrogens with zero attached hydrogens (tertiary/aromatic N) is 1. The third-order valence-electron chi connectivity index (χ3n) is 4.19. The minimum absolute atomic E-state index is 0.0685. The highest BCUT2D eigenvalue weighted by atomic mass is 32.2. The number of hydrogen-bond donors (Lipinski definition) is 4. The number of carbonyl (C=O) groups excluding carboxylic acids is 1. The lowest BCUT2D eigenvalue weighted by Crippen LogP contribution is -2.38. The van der Waals surface area contributed by atoms with Crippen LogP contribution in [-0.2, 0) is 14.8 Å². The predicted molar refractivity (Wildman–Crippen MR) is 106 cm³/mol. The zero-order valence-corrected chi connectivity index (χ0v) is 16.8. The third-order valence-corrected chi connectivity index (χ3v) is 6.00. The van der Waals surface area contributed by atoms with Gasteiger partial charge in [0.15, 0.2) is 0 Å². The summed E-state index contributed by atoms with van der Waals surface area (Å²) in [7, 11) is -0.719. The quantitative estimate of drug-likeness (QED) is 0.524. The Bertz CT molecular complexity index is 913. The Morgan fingerprint density at radius 1 is 1.14 bits per heavy atom. The van der Waals surface area contributed by atoms with Gasteiger partial charge in [-0.25, -0.2) is 12.7 Å². The van der Waals surface area contributed by atoms with E-state index in [1.807, 2.05) is 0 Å². The molecular weight excluding hydrogens is 382 g/mol. The van der Waals surface area contributed by atoms with Gasteiger partial charge in [0.1, 0.15) is 5.75 Å². The molecule has 28 heavy (non-hydrogen) atoms. The number of rotatable bonds is 8. The van der Waals surface area contributed by atoms with Gasteiger partial charge in [-0.15, -0.1) is 0 Å². The highest BCUT2D eigenvalue weighted by Gasteiger charge is 2.19. The molecule has 9 heteroatoms. The van der Waals surface area contributed by atoms with Crippen LogP contribution < -0.4 is 10.6 Å². The molecule has 2 aromatic carbocycles. The van der Waals surface area contributed by atoms with Crippen molar-refractivity contribution in [2.24, 2.45) is 0 Å². The molecule has 0 fully saturated rings. The molecule has 0 saturated heterocycles. The number of carbonyl (C=O) groups is 1. The molecule has 2 rings (SSSR count). The summed E-state index contributed by atoms with van der Waals surface area (Å²) < 4.78 is 25.4. The van der Waals surface area contributed by atoms with Crippen LogP contribution in [0.4, 0.5) is 5.69 Å². The number of anilines is 1. The lowest BCUT2D eigenvalue weighted by molar-refractivity contribution is -0.115. The average Bonchev–Trinajstić information content (AvgIpc) is 2.66. The summed E-state index contributed by atoms with van der Waals surface area (Å²) in [5.74, 6) is -0.265. The number of amides is 1. The van der Waals surface area contributed by atoms with E-state index in [4.69, 9.17) is 0 Å². The second-order valence-electron chi connectivity index (χ2n) is 6.57. The molecule has 0 radical (unpaired) electrons. The normalized spacial score (nSPS) is 13.9. The Balaban J connectivity index is 1.94. The van der Waals surface area contributed by atoms with Gasteiger partial charge in [0, 0.05) is 25.8 Å². The molecule has 0 bridgehead atoms. The van der Waals surface area contributed by atoms with Crippen molar-refractivity contribution in [3.8, 4) is 5.75 Å². The minimum Gasteiger partial charge on any atom is -0.508 e. The largest absolute Gasteiger partial charge is 0.508 e.